The number of nitrogens with zero attached hydrogens (tertiary/aromatic N) is 1. The Morgan fingerprint density at radius 3 is 2.70 bits per heavy atom. The Labute approximate surface area is 127 Å². The minimum atomic E-state index is -0.559. The van der Waals surface area contributed by atoms with Crippen LogP contribution >= 0.6 is 15.9 Å². The Kier molecular flexibility index (Phi) is 4.39. The number of carbonyl (C=O) groups is 1. The van der Waals surface area contributed by atoms with Gasteiger partial charge in [-0.2, -0.15) is 0 Å². The third-order valence-corrected chi connectivity index (χ3v) is 3.71. The van der Waals surface area contributed by atoms with Crippen molar-refractivity contribution in [3.05, 3.63) is 34.3 Å². The number of amides is 1. The lowest BCUT2D eigenvalue weighted by Crippen LogP contribution is -2.35. The van der Waals surface area contributed by atoms with Gasteiger partial charge in [0.15, 0.2) is 0 Å². The van der Waals surface area contributed by atoms with Crippen LogP contribution in [0, 0.1) is 0 Å². The van der Waals surface area contributed by atoms with E-state index in [0.29, 0.717) is 13.1 Å². The van der Waals surface area contributed by atoms with Gasteiger partial charge in [0.1, 0.15) is 5.60 Å². The molecular formula is C15H20BrNO3. The normalized spacial score (nSPS) is 22.9. The molecule has 20 heavy (non-hydrogen) atoms. The van der Waals surface area contributed by atoms with Gasteiger partial charge >= 0.3 is 6.09 Å². The predicted molar refractivity (Wildman–Crippen MR) is 80.7 cm³/mol. The lowest BCUT2D eigenvalue weighted by atomic mass is 9.96. The summed E-state index contributed by atoms with van der Waals surface area (Å²) in [6.45, 7) is 6.30. The highest BCUT2D eigenvalue weighted by Crippen LogP contribution is 2.30. The molecule has 0 spiro atoms. The molecule has 1 amide bonds. The minimum Gasteiger partial charge on any atom is -0.444 e. The number of benzene rings is 1. The molecule has 0 unspecified atom stereocenters. The van der Waals surface area contributed by atoms with Gasteiger partial charge in [-0.15, -0.1) is 0 Å². The SMILES string of the molecule is CC(C)(C)OC(=O)N1C[C@H](c2cccc(Br)c2)[C@@H](O)C1. The molecule has 0 aromatic heterocycles. The van der Waals surface area contributed by atoms with Crippen LogP contribution in [0.15, 0.2) is 28.7 Å². The summed E-state index contributed by atoms with van der Waals surface area (Å²) in [5.41, 5.74) is 0.508. The van der Waals surface area contributed by atoms with Crippen molar-refractivity contribution in [1.29, 1.82) is 0 Å². The van der Waals surface area contributed by atoms with Crippen LogP contribution in [0.5, 0.6) is 0 Å². The van der Waals surface area contributed by atoms with E-state index in [-0.39, 0.29) is 12.0 Å². The van der Waals surface area contributed by atoms with Gasteiger partial charge < -0.3 is 14.7 Å². The fraction of sp³-hybridized carbons (Fsp3) is 0.533. The zero-order chi connectivity index (χ0) is 14.9. The number of hydrogen-bond acceptors (Lipinski definition) is 3. The molecule has 1 aliphatic rings. The fourth-order valence-corrected chi connectivity index (χ4v) is 2.74. The number of β-amino-alcohol motifs (C(OH)–C–C–N with tert-alkyl or cyclic N) is 1. The van der Waals surface area contributed by atoms with Crippen molar-refractivity contribution in [2.45, 2.75) is 38.4 Å². The molecule has 0 bridgehead atoms. The molecule has 5 heteroatoms. The third kappa shape index (κ3) is 3.73. The van der Waals surface area contributed by atoms with Crippen LogP contribution in [0.1, 0.15) is 32.3 Å². The summed E-state index contributed by atoms with van der Waals surface area (Å²) in [6, 6.07) is 7.82. The van der Waals surface area contributed by atoms with Gasteiger partial charge in [-0.1, -0.05) is 28.1 Å². The number of halogens is 1. The smallest absolute Gasteiger partial charge is 0.410 e. The molecule has 110 valence electrons. The van der Waals surface area contributed by atoms with Gasteiger partial charge in [0.25, 0.3) is 0 Å². The third-order valence-electron chi connectivity index (χ3n) is 3.22. The van der Waals surface area contributed by atoms with E-state index in [1.165, 1.54) is 0 Å². The summed E-state index contributed by atoms with van der Waals surface area (Å²) in [7, 11) is 0. The van der Waals surface area contributed by atoms with Crippen LogP contribution in [-0.2, 0) is 4.74 Å². The van der Waals surface area contributed by atoms with Crippen LogP contribution in [0.2, 0.25) is 0 Å². The van der Waals surface area contributed by atoms with E-state index < -0.39 is 11.7 Å². The standard InChI is InChI=1S/C15H20BrNO3/c1-15(2,3)20-14(19)17-8-12(13(18)9-17)10-5-4-6-11(16)7-10/h4-7,12-13,18H,8-9H2,1-3H3/t12-,13+/m1/s1. The summed E-state index contributed by atoms with van der Waals surface area (Å²) in [4.78, 5) is 13.6. The molecule has 1 aromatic carbocycles. The van der Waals surface area contributed by atoms with Crippen molar-refractivity contribution in [2.75, 3.05) is 13.1 Å². The molecule has 2 rings (SSSR count). The first kappa shape index (κ1) is 15.3. The summed E-state index contributed by atoms with van der Waals surface area (Å²) in [5.74, 6) is -0.0694. The van der Waals surface area contributed by atoms with Crippen molar-refractivity contribution < 1.29 is 14.6 Å². The average Bonchev–Trinajstić information content (AvgIpc) is 2.69. The fourth-order valence-electron chi connectivity index (χ4n) is 2.33. The molecule has 0 radical (unpaired) electrons. The van der Waals surface area contributed by atoms with Gasteiger partial charge in [-0.3, -0.25) is 0 Å². The monoisotopic (exact) mass is 341 g/mol. The quantitative estimate of drug-likeness (QED) is 0.853. The summed E-state index contributed by atoms with van der Waals surface area (Å²) in [5, 5.41) is 10.2. The van der Waals surface area contributed by atoms with Crippen molar-refractivity contribution in [2.24, 2.45) is 0 Å². The predicted octanol–water partition coefficient (Wildman–Crippen LogP) is 3.14. The summed E-state index contributed by atoms with van der Waals surface area (Å²) < 4.78 is 6.31. The molecule has 1 heterocycles. The molecule has 2 atom stereocenters. The highest BCUT2D eigenvalue weighted by Gasteiger charge is 2.36. The number of likely N-dealkylation sites (tertiary alicyclic amines) is 1. The zero-order valence-electron chi connectivity index (χ0n) is 12.0. The van der Waals surface area contributed by atoms with E-state index in [1.54, 1.807) is 4.90 Å². The van der Waals surface area contributed by atoms with Crippen LogP contribution < -0.4 is 0 Å². The van der Waals surface area contributed by atoms with E-state index >= 15 is 0 Å². The number of rotatable bonds is 1. The summed E-state index contributed by atoms with van der Waals surface area (Å²) in [6.07, 6.45) is -0.925. The molecule has 0 aliphatic carbocycles. The van der Waals surface area contributed by atoms with E-state index in [2.05, 4.69) is 15.9 Å². The topological polar surface area (TPSA) is 49.8 Å². The molecule has 1 N–H and O–H groups in total. The molecule has 1 fully saturated rings. The molecule has 0 saturated carbocycles. The van der Waals surface area contributed by atoms with Crippen LogP contribution in [0.4, 0.5) is 4.79 Å². The second-order valence-electron chi connectivity index (χ2n) is 6.11. The van der Waals surface area contributed by atoms with Crippen molar-refractivity contribution in [1.82, 2.24) is 4.90 Å². The number of aliphatic hydroxyl groups is 1. The Morgan fingerprint density at radius 2 is 2.10 bits per heavy atom. The van der Waals surface area contributed by atoms with Crippen molar-refractivity contribution in [3.8, 4) is 0 Å². The molecule has 1 aromatic rings. The Morgan fingerprint density at radius 1 is 1.40 bits per heavy atom. The molecule has 1 saturated heterocycles. The van der Waals surface area contributed by atoms with E-state index in [4.69, 9.17) is 4.74 Å². The number of hydrogen-bond donors (Lipinski definition) is 1. The second kappa shape index (κ2) is 5.74. The second-order valence-corrected chi connectivity index (χ2v) is 7.03. The van der Waals surface area contributed by atoms with Gasteiger partial charge in [-0.25, -0.2) is 4.79 Å². The van der Waals surface area contributed by atoms with Gasteiger partial charge in [0.05, 0.1) is 12.6 Å². The van der Waals surface area contributed by atoms with E-state index in [0.717, 1.165) is 10.0 Å². The number of aliphatic hydroxyl groups excluding tert-OH is 1. The van der Waals surface area contributed by atoms with Crippen LogP contribution in [-0.4, -0.2) is 40.9 Å². The van der Waals surface area contributed by atoms with Gasteiger partial charge in [0.2, 0.25) is 0 Å². The maximum absolute atomic E-state index is 12.0. The maximum Gasteiger partial charge on any atom is 0.410 e. The number of carbonyl (C=O) groups excluding carboxylic acids is 1. The van der Waals surface area contributed by atoms with Crippen LogP contribution in [0.25, 0.3) is 0 Å². The van der Waals surface area contributed by atoms with Crippen molar-refractivity contribution >= 4 is 22.0 Å². The lowest BCUT2D eigenvalue weighted by molar-refractivity contribution is 0.0270. The molecule has 4 nitrogen and oxygen atoms in total. The summed E-state index contributed by atoms with van der Waals surface area (Å²) >= 11 is 3.43. The Hall–Kier alpha value is -1.07. The number of ether oxygens (including phenoxy) is 1. The minimum absolute atomic E-state index is 0.0694. The highest BCUT2D eigenvalue weighted by molar-refractivity contribution is 9.10. The first-order valence-electron chi connectivity index (χ1n) is 6.68. The first-order chi connectivity index (χ1) is 9.26. The van der Waals surface area contributed by atoms with E-state index in [1.807, 2.05) is 45.0 Å². The highest BCUT2D eigenvalue weighted by atomic mass is 79.9. The lowest BCUT2D eigenvalue weighted by Gasteiger charge is -2.24. The van der Waals surface area contributed by atoms with Gasteiger partial charge in [0, 0.05) is 16.9 Å². The maximum atomic E-state index is 12.0. The largest absolute Gasteiger partial charge is 0.444 e. The Balaban J connectivity index is 2.07. The molecular weight excluding hydrogens is 322 g/mol. The van der Waals surface area contributed by atoms with Crippen molar-refractivity contribution in [3.63, 3.8) is 0 Å². The Bertz CT molecular complexity index is 498. The van der Waals surface area contributed by atoms with Gasteiger partial charge in [-0.05, 0) is 38.5 Å². The zero-order valence-corrected chi connectivity index (χ0v) is 13.6. The molecule has 1 aliphatic heterocycles. The first-order valence-corrected chi connectivity index (χ1v) is 7.47. The average molecular weight is 342 g/mol. The van der Waals surface area contributed by atoms with Crippen LogP contribution in [0.3, 0.4) is 0 Å². The van der Waals surface area contributed by atoms with E-state index in [9.17, 15) is 9.90 Å².